The lowest BCUT2D eigenvalue weighted by Crippen LogP contribution is -2.26. The molecule has 1 unspecified atom stereocenters. The van der Waals surface area contributed by atoms with Gasteiger partial charge < -0.3 is 4.90 Å². The van der Waals surface area contributed by atoms with Crippen molar-refractivity contribution in [2.75, 3.05) is 18.0 Å². The van der Waals surface area contributed by atoms with Crippen LogP contribution in [0.15, 0.2) is 66.4 Å². The minimum Gasteiger partial charge on any atom is -0.348 e. The SMILES string of the molecule is Cc1cccc(C(C[N+](=O)[O-])C2=CN(c3ccccc3)CCC2)c1. The van der Waals surface area contributed by atoms with Gasteiger partial charge in [0, 0.05) is 23.4 Å². The maximum atomic E-state index is 11.2. The Morgan fingerprint density at radius 2 is 1.96 bits per heavy atom. The molecule has 2 aromatic rings. The zero-order valence-electron chi connectivity index (χ0n) is 13.9. The zero-order chi connectivity index (χ0) is 16.9. The number of para-hydroxylation sites is 1. The van der Waals surface area contributed by atoms with Crippen LogP contribution in [0.2, 0.25) is 0 Å². The summed E-state index contributed by atoms with van der Waals surface area (Å²) in [6, 6.07) is 18.3. The normalized spacial score (nSPS) is 15.7. The number of aryl methyl sites for hydroxylation is 1. The number of benzene rings is 2. The summed E-state index contributed by atoms with van der Waals surface area (Å²) in [6.07, 6.45) is 4.05. The first-order valence-electron chi connectivity index (χ1n) is 8.34. The van der Waals surface area contributed by atoms with E-state index in [1.54, 1.807) is 0 Å². The third kappa shape index (κ3) is 3.82. The second kappa shape index (κ2) is 7.30. The molecule has 1 aliphatic rings. The molecule has 4 heteroatoms. The standard InChI is InChI=1S/C20H22N2O2/c1-16-7-5-8-17(13-16)20(15-22(23)24)18-9-6-12-21(14-18)19-10-3-2-4-11-19/h2-5,7-8,10-11,13-14,20H,6,9,12,15H2,1H3. The minimum absolute atomic E-state index is 0.0576. The quantitative estimate of drug-likeness (QED) is 0.600. The highest BCUT2D eigenvalue weighted by Crippen LogP contribution is 2.32. The maximum Gasteiger partial charge on any atom is 0.214 e. The maximum absolute atomic E-state index is 11.2. The molecule has 124 valence electrons. The lowest BCUT2D eigenvalue weighted by Gasteiger charge is -2.29. The molecule has 0 saturated heterocycles. The summed E-state index contributed by atoms with van der Waals surface area (Å²) in [7, 11) is 0. The van der Waals surface area contributed by atoms with Crippen LogP contribution in [0.25, 0.3) is 0 Å². The average Bonchev–Trinajstić information content (AvgIpc) is 2.60. The van der Waals surface area contributed by atoms with E-state index < -0.39 is 0 Å². The van der Waals surface area contributed by atoms with E-state index in [1.807, 2.05) is 43.3 Å². The topological polar surface area (TPSA) is 46.4 Å². The van der Waals surface area contributed by atoms with E-state index >= 15 is 0 Å². The first kappa shape index (κ1) is 16.2. The summed E-state index contributed by atoms with van der Waals surface area (Å²) in [5, 5.41) is 11.2. The van der Waals surface area contributed by atoms with Crippen molar-refractivity contribution in [1.29, 1.82) is 0 Å². The Bertz CT molecular complexity index is 740. The Morgan fingerprint density at radius 1 is 1.17 bits per heavy atom. The Hall–Kier alpha value is -2.62. The molecule has 3 rings (SSSR count). The van der Waals surface area contributed by atoms with Gasteiger partial charge in [-0.2, -0.15) is 0 Å². The number of hydrogen-bond acceptors (Lipinski definition) is 3. The largest absolute Gasteiger partial charge is 0.348 e. The van der Waals surface area contributed by atoms with Crippen molar-refractivity contribution >= 4 is 5.69 Å². The third-order valence-corrected chi connectivity index (χ3v) is 4.50. The van der Waals surface area contributed by atoms with Gasteiger partial charge in [-0.05, 0) is 43.0 Å². The first-order chi connectivity index (χ1) is 11.6. The van der Waals surface area contributed by atoms with E-state index in [0.29, 0.717) is 0 Å². The average molecular weight is 322 g/mol. The summed E-state index contributed by atoms with van der Waals surface area (Å²) >= 11 is 0. The molecule has 0 radical (unpaired) electrons. The van der Waals surface area contributed by atoms with Crippen LogP contribution in [0.3, 0.4) is 0 Å². The van der Waals surface area contributed by atoms with Crippen molar-refractivity contribution in [2.24, 2.45) is 0 Å². The van der Waals surface area contributed by atoms with Crippen LogP contribution >= 0.6 is 0 Å². The van der Waals surface area contributed by atoms with E-state index in [9.17, 15) is 10.1 Å². The Morgan fingerprint density at radius 3 is 2.67 bits per heavy atom. The molecule has 1 heterocycles. The van der Waals surface area contributed by atoms with E-state index in [1.165, 1.54) is 0 Å². The van der Waals surface area contributed by atoms with Crippen LogP contribution in [-0.4, -0.2) is 18.0 Å². The van der Waals surface area contributed by atoms with E-state index in [4.69, 9.17) is 0 Å². The summed E-state index contributed by atoms with van der Waals surface area (Å²) < 4.78 is 0. The zero-order valence-corrected chi connectivity index (χ0v) is 13.9. The molecule has 0 bridgehead atoms. The number of hydrogen-bond donors (Lipinski definition) is 0. The van der Waals surface area contributed by atoms with Crippen molar-refractivity contribution < 1.29 is 4.92 Å². The molecule has 0 aliphatic carbocycles. The van der Waals surface area contributed by atoms with Crippen molar-refractivity contribution in [3.05, 3.63) is 87.6 Å². The third-order valence-electron chi connectivity index (χ3n) is 4.50. The molecule has 0 saturated carbocycles. The smallest absolute Gasteiger partial charge is 0.214 e. The highest BCUT2D eigenvalue weighted by Gasteiger charge is 2.25. The van der Waals surface area contributed by atoms with Crippen LogP contribution in [0.1, 0.15) is 29.9 Å². The van der Waals surface area contributed by atoms with E-state index in [0.717, 1.165) is 41.8 Å². The van der Waals surface area contributed by atoms with Gasteiger partial charge in [-0.15, -0.1) is 0 Å². The second-order valence-corrected chi connectivity index (χ2v) is 6.32. The number of nitro groups is 1. The van der Waals surface area contributed by atoms with Crippen LogP contribution in [0, 0.1) is 17.0 Å². The van der Waals surface area contributed by atoms with Crippen LogP contribution in [-0.2, 0) is 0 Å². The monoisotopic (exact) mass is 322 g/mol. The molecule has 1 atom stereocenters. The molecule has 0 spiro atoms. The van der Waals surface area contributed by atoms with Gasteiger partial charge >= 0.3 is 0 Å². The molecule has 0 amide bonds. The molecule has 24 heavy (non-hydrogen) atoms. The summed E-state index contributed by atoms with van der Waals surface area (Å²) in [6.45, 7) is 2.92. The van der Waals surface area contributed by atoms with Gasteiger partial charge in [-0.3, -0.25) is 10.1 Å². The summed E-state index contributed by atoms with van der Waals surface area (Å²) in [4.78, 5) is 13.2. The molecule has 4 nitrogen and oxygen atoms in total. The van der Waals surface area contributed by atoms with Crippen LogP contribution < -0.4 is 4.90 Å². The Balaban J connectivity index is 1.94. The molecular formula is C20H22N2O2. The van der Waals surface area contributed by atoms with E-state index in [2.05, 4.69) is 29.3 Å². The summed E-state index contributed by atoms with van der Waals surface area (Å²) in [5.41, 5.74) is 4.45. The van der Waals surface area contributed by atoms with Gasteiger partial charge in [-0.1, -0.05) is 48.0 Å². The predicted octanol–water partition coefficient (Wildman–Crippen LogP) is 4.54. The second-order valence-electron chi connectivity index (χ2n) is 6.32. The summed E-state index contributed by atoms with van der Waals surface area (Å²) in [5.74, 6) is -0.161. The molecule has 0 aromatic heterocycles. The Kier molecular flexibility index (Phi) is 4.94. The molecule has 0 N–H and O–H groups in total. The fourth-order valence-electron chi connectivity index (χ4n) is 3.34. The predicted molar refractivity (Wildman–Crippen MR) is 96.9 cm³/mol. The van der Waals surface area contributed by atoms with Crippen molar-refractivity contribution in [3.63, 3.8) is 0 Å². The van der Waals surface area contributed by atoms with Gasteiger partial charge in [0.1, 0.15) is 0 Å². The molecule has 1 aliphatic heterocycles. The van der Waals surface area contributed by atoms with Crippen molar-refractivity contribution in [2.45, 2.75) is 25.7 Å². The lowest BCUT2D eigenvalue weighted by atomic mass is 9.86. The van der Waals surface area contributed by atoms with Gasteiger partial charge in [0.15, 0.2) is 0 Å². The Labute approximate surface area is 142 Å². The van der Waals surface area contributed by atoms with Gasteiger partial charge in [0.2, 0.25) is 6.54 Å². The lowest BCUT2D eigenvalue weighted by molar-refractivity contribution is -0.482. The van der Waals surface area contributed by atoms with Crippen molar-refractivity contribution in [1.82, 2.24) is 0 Å². The van der Waals surface area contributed by atoms with Gasteiger partial charge in [-0.25, -0.2) is 0 Å². The highest BCUT2D eigenvalue weighted by molar-refractivity contribution is 5.51. The van der Waals surface area contributed by atoms with Crippen molar-refractivity contribution in [3.8, 4) is 0 Å². The molecule has 2 aromatic carbocycles. The number of anilines is 1. The highest BCUT2D eigenvalue weighted by atomic mass is 16.6. The number of nitrogens with zero attached hydrogens (tertiary/aromatic N) is 2. The number of rotatable bonds is 5. The van der Waals surface area contributed by atoms with E-state index in [-0.39, 0.29) is 17.4 Å². The molecule has 0 fully saturated rings. The van der Waals surface area contributed by atoms with Gasteiger partial charge in [0.05, 0.1) is 5.92 Å². The van der Waals surface area contributed by atoms with Gasteiger partial charge in [0.25, 0.3) is 0 Å². The van der Waals surface area contributed by atoms with Crippen LogP contribution in [0.4, 0.5) is 5.69 Å². The van der Waals surface area contributed by atoms with Crippen LogP contribution in [0.5, 0.6) is 0 Å². The fraction of sp³-hybridized carbons (Fsp3) is 0.300. The first-order valence-corrected chi connectivity index (χ1v) is 8.34. The fourth-order valence-corrected chi connectivity index (χ4v) is 3.34. The minimum atomic E-state index is -0.199. The molecular weight excluding hydrogens is 300 g/mol.